The van der Waals surface area contributed by atoms with Crippen molar-refractivity contribution in [3.63, 3.8) is 0 Å². The average molecular weight is 384 g/mol. The molecule has 0 fully saturated rings. The summed E-state index contributed by atoms with van der Waals surface area (Å²) in [5, 5.41) is 8.82. The normalized spacial score (nSPS) is 18.9. The van der Waals surface area contributed by atoms with Gasteiger partial charge >= 0.3 is 6.61 Å². The minimum atomic E-state index is -2.94. The maximum absolute atomic E-state index is 13.2. The molecule has 0 aliphatic carbocycles. The van der Waals surface area contributed by atoms with E-state index in [0.717, 1.165) is 5.56 Å². The third kappa shape index (κ3) is 3.39. The molecule has 0 aromatic heterocycles. The molecule has 28 heavy (non-hydrogen) atoms. The molecule has 1 amide bonds. The molecule has 2 aromatic carbocycles. The lowest BCUT2D eigenvalue weighted by atomic mass is 9.82. The van der Waals surface area contributed by atoms with E-state index in [0.29, 0.717) is 24.0 Å². The zero-order valence-corrected chi connectivity index (χ0v) is 15.1. The number of halogens is 2. The van der Waals surface area contributed by atoms with E-state index in [1.54, 1.807) is 12.1 Å². The van der Waals surface area contributed by atoms with E-state index >= 15 is 0 Å². The van der Waals surface area contributed by atoms with Gasteiger partial charge in [0.2, 0.25) is 0 Å². The molecule has 1 aliphatic heterocycles. The fraction of sp³-hybridized carbons (Fsp3) is 0.250. The van der Waals surface area contributed by atoms with Gasteiger partial charge in [0.25, 0.3) is 5.91 Å². The molecule has 1 aliphatic rings. The standard InChI is InChI=1S/C20H18F2N4O2/c1-26-17(27)20(25-19(26)24,14-7-9-16(10-8-14)28-18(21)22)15-6-2-4-13(12-15)5-3-11-23/h2,4,6-10,12,18H,3,5H2,1H3,(H2,24,25). The van der Waals surface area contributed by atoms with E-state index in [1.807, 2.05) is 12.1 Å². The highest BCUT2D eigenvalue weighted by molar-refractivity contribution is 6.08. The van der Waals surface area contributed by atoms with Gasteiger partial charge in [-0.25, -0.2) is 4.99 Å². The number of nitrogens with two attached hydrogens (primary N) is 1. The van der Waals surface area contributed by atoms with Crippen LogP contribution >= 0.6 is 0 Å². The summed E-state index contributed by atoms with van der Waals surface area (Å²) in [6.07, 6.45) is 0.875. The molecule has 1 unspecified atom stereocenters. The molecule has 6 nitrogen and oxygen atoms in total. The van der Waals surface area contributed by atoms with E-state index in [9.17, 15) is 13.6 Å². The van der Waals surface area contributed by atoms with E-state index < -0.39 is 12.2 Å². The zero-order valence-electron chi connectivity index (χ0n) is 15.1. The molecule has 1 heterocycles. The first-order valence-electron chi connectivity index (χ1n) is 8.53. The lowest BCUT2D eigenvalue weighted by Gasteiger charge is -2.26. The van der Waals surface area contributed by atoms with Crippen LogP contribution in [0.4, 0.5) is 8.78 Å². The van der Waals surface area contributed by atoms with E-state index in [1.165, 1.54) is 36.2 Å². The first kappa shape index (κ1) is 19.3. The Bertz CT molecular complexity index is 953. The number of carbonyl (C=O) groups excluding carboxylic acids is 1. The fourth-order valence-corrected chi connectivity index (χ4v) is 3.21. The van der Waals surface area contributed by atoms with Crippen LogP contribution in [-0.2, 0) is 16.8 Å². The highest BCUT2D eigenvalue weighted by Crippen LogP contribution is 2.40. The third-order valence-corrected chi connectivity index (χ3v) is 4.61. The Morgan fingerprint density at radius 1 is 1.25 bits per heavy atom. The van der Waals surface area contributed by atoms with Crippen molar-refractivity contribution in [2.75, 3.05) is 7.05 Å². The van der Waals surface area contributed by atoms with Gasteiger partial charge in [-0.3, -0.25) is 9.69 Å². The molecule has 0 radical (unpaired) electrons. The summed E-state index contributed by atoms with van der Waals surface area (Å²) in [6, 6.07) is 15.1. The highest BCUT2D eigenvalue weighted by atomic mass is 19.3. The Hall–Kier alpha value is -3.47. The Labute approximate surface area is 160 Å². The van der Waals surface area contributed by atoms with Crippen molar-refractivity contribution in [2.45, 2.75) is 25.0 Å². The van der Waals surface area contributed by atoms with Crippen molar-refractivity contribution in [1.29, 1.82) is 5.26 Å². The van der Waals surface area contributed by atoms with Crippen LogP contribution in [0.3, 0.4) is 0 Å². The maximum Gasteiger partial charge on any atom is 0.387 e. The predicted octanol–water partition coefficient (Wildman–Crippen LogP) is 2.77. The lowest BCUT2D eigenvalue weighted by molar-refractivity contribution is -0.129. The zero-order chi connectivity index (χ0) is 20.3. The van der Waals surface area contributed by atoms with Crippen LogP contribution in [0.25, 0.3) is 0 Å². The molecular weight excluding hydrogens is 366 g/mol. The Balaban J connectivity index is 2.11. The molecule has 0 saturated carbocycles. The number of amides is 1. The Morgan fingerprint density at radius 3 is 2.54 bits per heavy atom. The van der Waals surface area contributed by atoms with Gasteiger partial charge in [0.1, 0.15) is 5.75 Å². The monoisotopic (exact) mass is 384 g/mol. The number of guanidine groups is 1. The van der Waals surface area contributed by atoms with Gasteiger partial charge in [-0.05, 0) is 35.2 Å². The van der Waals surface area contributed by atoms with Crippen LogP contribution in [0, 0.1) is 11.3 Å². The number of benzene rings is 2. The summed E-state index contributed by atoms with van der Waals surface area (Å²) in [5.41, 5.74) is 6.44. The van der Waals surface area contributed by atoms with Gasteiger partial charge in [0.15, 0.2) is 11.5 Å². The minimum Gasteiger partial charge on any atom is -0.435 e. The van der Waals surface area contributed by atoms with Crippen molar-refractivity contribution < 1.29 is 18.3 Å². The summed E-state index contributed by atoms with van der Waals surface area (Å²) in [6.45, 7) is -2.94. The number of likely N-dealkylation sites (N-methyl/N-ethyl adjacent to an activating group) is 1. The summed E-state index contributed by atoms with van der Waals surface area (Å²) in [4.78, 5) is 18.9. The second-order valence-corrected chi connectivity index (χ2v) is 6.31. The van der Waals surface area contributed by atoms with Crippen LogP contribution in [0.2, 0.25) is 0 Å². The van der Waals surface area contributed by atoms with Crippen LogP contribution in [0.5, 0.6) is 5.75 Å². The van der Waals surface area contributed by atoms with E-state index in [2.05, 4.69) is 15.8 Å². The average Bonchev–Trinajstić information content (AvgIpc) is 2.92. The molecule has 3 rings (SSSR count). The smallest absolute Gasteiger partial charge is 0.387 e. The number of aryl methyl sites for hydroxylation is 1. The summed E-state index contributed by atoms with van der Waals surface area (Å²) in [5.74, 6) is -0.322. The van der Waals surface area contributed by atoms with Crippen LogP contribution in [-0.4, -0.2) is 30.4 Å². The van der Waals surface area contributed by atoms with Crippen molar-refractivity contribution >= 4 is 11.9 Å². The molecule has 0 spiro atoms. The number of alkyl halides is 2. The first-order valence-corrected chi connectivity index (χ1v) is 8.53. The summed E-state index contributed by atoms with van der Waals surface area (Å²) in [7, 11) is 1.52. The Morgan fingerprint density at radius 2 is 1.96 bits per heavy atom. The molecule has 144 valence electrons. The third-order valence-electron chi connectivity index (χ3n) is 4.61. The van der Waals surface area contributed by atoms with E-state index in [-0.39, 0.29) is 17.6 Å². The molecule has 0 bridgehead atoms. The van der Waals surface area contributed by atoms with Gasteiger partial charge < -0.3 is 10.5 Å². The summed E-state index contributed by atoms with van der Waals surface area (Å²) < 4.78 is 29.2. The number of nitrogens with zero attached hydrogens (tertiary/aromatic N) is 3. The number of hydrogen-bond donors (Lipinski definition) is 1. The fourth-order valence-electron chi connectivity index (χ4n) is 3.21. The van der Waals surface area contributed by atoms with Crippen molar-refractivity contribution in [3.8, 4) is 11.8 Å². The van der Waals surface area contributed by atoms with Gasteiger partial charge in [-0.15, -0.1) is 0 Å². The van der Waals surface area contributed by atoms with Crippen molar-refractivity contribution in [1.82, 2.24) is 4.90 Å². The van der Waals surface area contributed by atoms with Crippen molar-refractivity contribution in [3.05, 3.63) is 65.2 Å². The van der Waals surface area contributed by atoms with Crippen LogP contribution < -0.4 is 10.5 Å². The number of hydrogen-bond acceptors (Lipinski definition) is 5. The SMILES string of the molecule is CN1C(=O)C(c2ccc(OC(F)F)cc2)(c2cccc(CCC#N)c2)N=C1N. The highest BCUT2D eigenvalue weighted by Gasteiger charge is 2.49. The largest absolute Gasteiger partial charge is 0.435 e. The maximum atomic E-state index is 13.2. The van der Waals surface area contributed by atoms with Crippen molar-refractivity contribution in [2.24, 2.45) is 10.7 Å². The molecule has 2 N–H and O–H groups in total. The van der Waals surface area contributed by atoms with Gasteiger partial charge in [0.05, 0.1) is 6.07 Å². The second kappa shape index (κ2) is 7.64. The molecule has 8 heteroatoms. The Kier molecular flexibility index (Phi) is 5.27. The van der Waals surface area contributed by atoms with Gasteiger partial charge in [-0.2, -0.15) is 14.0 Å². The number of rotatable bonds is 6. The number of aliphatic imine (C=N–C) groups is 1. The number of ether oxygens (including phenoxy) is 1. The summed E-state index contributed by atoms with van der Waals surface area (Å²) >= 11 is 0. The molecule has 2 aromatic rings. The predicted molar refractivity (Wildman–Crippen MR) is 98.6 cm³/mol. The van der Waals surface area contributed by atoms with Crippen LogP contribution in [0.1, 0.15) is 23.1 Å². The van der Waals surface area contributed by atoms with Crippen LogP contribution in [0.15, 0.2) is 53.5 Å². The lowest BCUT2D eigenvalue weighted by Crippen LogP contribution is -2.41. The van der Waals surface area contributed by atoms with Gasteiger partial charge in [0, 0.05) is 13.5 Å². The first-order chi connectivity index (χ1) is 13.4. The molecule has 0 saturated heterocycles. The molecule has 1 atom stereocenters. The quantitative estimate of drug-likeness (QED) is 0.829. The minimum absolute atomic E-state index is 0.0209. The van der Waals surface area contributed by atoms with E-state index in [4.69, 9.17) is 11.0 Å². The topological polar surface area (TPSA) is 91.7 Å². The van der Waals surface area contributed by atoms with Gasteiger partial charge in [-0.1, -0.05) is 36.4 Å². The number of carbonyl (C=O) groups is 1. The number of nitriles is 1. The molecular formula is C20H18F2N4O2. The second-order valence-electron chi connectivity index (χ2n) is 6.31.